The zero-order chi connectivity index (χ0) is 21.5. The van der Waals surface area contributed by atoms with Crippen molar-refractivity contribution in [3.8, 4) is 0 Å². The first-order valence-corrected chi connectivity index (χ1v) is 11.5. The molecule has 6 nitrogen and oxygen atoms in total. The molecular weight excluding hydrogens is 447 g/mol. The summed E-state index contributed by atoms with van der Waals surface area (Å²) in [5, 5.41) is 10.9. The van der Waals surface area contributed by atoms with Crippen LogP contribution in [0.25, 0.3) is 10.8 Å². The SMILES string of the molecule is O=C(O)[C@@H]1CCN(c2ccc(NS(=O)(=O)c3cccc(Cl)c3Cl)c3ccccc23)C1. The summed E-state index contributed by atoms with van der Waals surface area (Å²) in [5.41, 5.74) is 1.28. The molecule has 0 radical (unpaired) electrons. The van der Waals surface area contributed by atoms with Crippen molar-refractivity contribution in [3.05, 3.63) is 64.6 Å². The molecule has 0 unspecified atom stereocenters. The lowest BCUT2D eigenvalue weighted by atomic mass is 10.1. The molecule has 3 aromatic carbocycles. The molecule has 1 aliphatic heterocycles. The Balaban J connectivity index is 1.73. The molecule has 30 heavy (non-hydrogen) atoms. The number of hydrogen-bond donors (Lipinski definition) is 2. The van der Waals surface area contributed by atoms with E-state index in [1.54, 1.807) is 6.07 Å². The van der Waals surface area contributed by atoms with Gasteiger partial charge in [-0.2, -0.15) is 0 Å². The smallest absolute Gasteiger partial charge is 0.308 e. The molecule has 0 aromatic heterocycles. The standard InChI is InChI=1S/C21H18Cl2N2O4S/c22-16-6-3-7-19(20(16)23)30(28,29)24-17-8-9-18(15-5-2-1-4-14(15)17)25-11-10-13(12-25)21(26)27/h1-9,13,24H,10-12H2,(H,26,27)/t13-/m1/s1. The quantitative estimate of drug-likeness (QED) is 0.562. The lowest BCUT2D eigenvalue weighted by Gasteiger charge is -2.22. The molecule has 1 aliphatic rings. The lowest BCUT2D eigenvalue weighted by Crippen LogP contribution is -2.23. The molecule has 1 fully saturated rings. The fraction of sp³-hybridized carbons (Fsp3) is 0.190. The van der Waals surface area contributed by atoms with Gasteiger partial charge in [-0.3, -0.25) is 9.52 Å². The minimum Gasteiger partial charge on any atom is -0.481 e. The number of benzene rings is 3. The third kappa shape index (κ3) is 3.80. The van der Waals surface area contributed by atoms with Gasteiger partial charge in [-0.15, -0.1) is 0 Å². The number of anilines is 2. The summed E-state index contributed by atoms with van der Waals surface area (Å²) in [6, 6.07) is 15.3. The monoisotopic (exact) mass is 464 g/mol. The number of carboxylic acids is 1. The van der Waals surface area contributed by atoms with Gasteiger partial charge in [0.15, 0.2) is 0 Å². The number of sulfonamides is 1. The molecule has 1 saturated heterocycles. The van der Waals surface area contributed by atoms with Crippen LogP contribution in [0, 0.1) is 5.92 Å². The van der Waals surface area contributed by atoms with Crippen LogP contribution in [0.3, 0.4) is 0 Å². The predicted molar refractivity (Wildman–Crippen MR) is 119 cm³/mol. The molecule has 3 aromatic rings. The highest BCUT2D eigenvalue weighted by atomic mass is 35.5. The van der Waals surface area contributed by atoms with Crippen LogP contribution < -0.4 is 9.62 Å². The van der Waals surface area contributed by atoms with E-state index in [0.717, 1.165) is 11.1 Å². The van der Waals surface area contributed by atoms with E-state index in [4.69, 9.17) is 23.2 Å². The number of hydrogen-bond acceptors (Lipinski definition) is 4. The molecule has 0 amide bonds. The minimum absolute atomic E-state index is 0.0376. The van der Waals surface area contributed by atoms with Crippen LogP contribution >= 0.6 is 23.2 Å². The Morgan fingerprint density at radius 3 is 2.47 bits per heavy atom. The summed E-state index contributed by atoms with van der Waals surface area (Å²) in [6.07, 6.45) is 0.575. The van der Waals surface area contributed by atoms with E-state index in [0.29, 0.717) is 30.6 Å². The zero-order valence-electron chi connectivity index (χ0n) is 15.7. The minimum atomic E-state index is -3.97. The third-order valence-electron chi connectivity index (χ3n) is 5.23. The molecule has 1 atom stereocenters. The fourth-order valence-electron chi connectivity index (χ4n) is 3.72. The van der Waals surface area contributed by atoms with Crippen LogP contribution in [0.2, 0.25) is 10.0 Å². The van der Waals surface area contributed by atoms with Gasteiger partial charge in [-0.1, -0.05) is 53.5 Å². The van der Waals surface area contributed by atoms with Crippen molar-refractivity contribution in [1.82, 2.24) is 0 Å². The Morgan fingerprint density at radius 2 is 1.77 bits per heavy atom. The first kappa shape index (κ1) is 20.8. The van der Waals surface area contributed by atoms with Crippen LogP contribution in [-0.2, 0) is 14.8 Å². The van der Waals surface area contributed by atoms with E-state index in [2.05, 4.69) is 4.72 Å². The highest BCUT2D eigenvalue weighted by molar-refractivity contribution is 7.92. The van der Waals surface area contributed by atoms with Crippen molar-refractivity contribution in [2.75, 3.05) is 22.7 Å². The molecule has 0 bridgehead atoms. The summed E-state index contributed by atoms with van der Waals surface area (Å²) < 4.78 is 28.5. The lowest BCUT2D eigenvalue weighted by molar-refractivity contribution is -0.140. The molecule has 2 N–H and O–H groups in total. The average molecular weight is 465 g/mol. The number of carboxylic acid groups (broad SMARTS) is 1. The Morgan fingerprint density at radius 1 is 1.03 bits per heavy atom. The van der Waals surface area contributed by atoms with E-state index in [1.165, 1.54) is 18.2 Å². The summed E-state index contributed by atoms with van der Waals surface area (Å²) in [5.74, 6) is -1.21. The Hall–Kier alpha value is -2.48. The first-order chi connectivity index (χ1) is 14.3. The zero-order valence-corrected chi connectivity index (χ0v) is 18.0. The van der Waals surface area contributed by atoms with E-state index in [1.807, 2.05) is 35.2 Å². The van der Waals surface area contributed by atoms with Gasteiger partial charge in [0.2, 0.25) is 0 Å². The van der Waals surface area contributed by atoms with Gasteiger partial charge in [0.05, 0.1) is 21.7 Å². The van der Waals surface area contributed by atoms with Gasteiger partial charge in [-0.05, 0) is 30.7 Å². The number of nitrogens with zero attached hydrogens (tertiary/aromatic N) is 1. The van der Waals surface area contributed by atoms with Crippen LogP contribution in [0.1, 0.15) is 6.42 Å². The normalized spacial score (nSPS) is 16.7. The maximum atomic E-state index is 12.9. The van der Waals surface area contributed by atoms with Crippen molar-refractivity contribution >= 4 is 61.3 Å². The van der Waals surface area contributed by atoms with Gasteiger partial charge in [0.25, 0.3) is 10.0 Å². The predicted octanol–water partition coefficient (Wildman–Crippen LogP) is 4.86. The van der Waals surface area contributed by atoms with Crippen molar-refractivity contribution in [2.45, 2.75) is 11.3 Å². The molecule has 0 aliphatic carbocycles. The molecule has 156 valence electrons. The van der Waals surface area contributed by atoms with Gasteiger partial charge >= 0.3 is 5.97 Å². The van der Waals surface area contributed by atoms with Crippen molar-refractivity contribution in [2.24, 2.45) is 5.92 Å². The summed E-state index contributed by atoms with van der Waals surface area (Å²) in [4.78, 5) is 13.2. The second-order valence-corrected chi connectivity index (χ2v) is 9.54. The third-order valence-corrected chi connectivity index (χ3v) is 7.57. The molecule has 0 spiro atoms. The van der Waals surface area contributed by atoms with Gasteiger partial charge in [-0.25, -0.2) is 8.42 Å². The van der Waals surface area contributed by atoms with Gasteiger partial charge in [0, 0.05) is 29.5 Å². The Labute approximate surface area is 184 Å². The fourth-order valence-corrected chi connectivity index (χ4v) is 5.56. The van der Waals surface area contributed by atoms with Crippen LogP contribution in [-0.4, -0.2) is 32.6 Å². The number of halogens is 2. The second kappa shape index (κ2) is 7.98. The summed E-state index contributed by atoms with van der Waals surface area (Å²) in [6.45, 7) is 1.05. The number of nitrogens with one attached hydrogen (secondary N) is 1. The van der Waals surface area contributed by atoms with E-state index in [-0.39, 0.29) is 14.9 Å². The van der Waals surface area contributed by atoms with Gasteiger partial charge < -0.3 is 10.0 Å². The van der Waals surface area contributed by atoms with E-state index in [9.17, 15) is 18.3 Å². The van der Waals surface area contributed by atoms with E-state index >= 15 is 0 Å². The molecule has 9 heteroatoms. The number of carbonyl (C=O) groups is 1. The van der Waals surface area contributed by atoms with Crippen LogP contribution in [0.5, 0.6) is 0 Å². The molecule has 0 saturated carbocycles. The average Bonchev–Trinajstić information content (AvgIpc) is 3.20. The van der Waals surface area contributed by atoms with Gasteiger partial charge in [0.1, 0.15) is 4.90 Å². The van der Waals surface area contributed by atoms with Crippen LogP contribution in [0.4, 0.5) is 11.4 Å². The maximum absolute atomic E-state index is 12.9. The summed E-state index contributed by atoms with van der Waals surface area (Å²) >= 11 is 12.1. The number of rotatable bonds is 5. The highest BCUT2D eigenvalue weighted by Gasteiger charge is 2.29. The van der Waals surface area contributed by atoms with E-state index < -0.39 is 21.9 Å². The second-order valence-electron chi connectivity index (χ2n) is 7.11. The first-order valence-electron chi connectivity index (χ1n) is 9.24. The number of fused-ring (bicyclic) bond motifs is 1. The van der Waals surface area contributed by atoms with Crippen molar-refractivity contribution in [1.29, 1.82) is 0 Å². The molecule has 1 heterocycles. The Bertz CT molecular complexity index is 1250. The molecular formula is C21H18Cl2N2O4S. The Kier molecular flexibility index (Phi) is 5.53. The molecule has 4 rings (SSSR count). The highest BCUT2D eigenvalue weighted by Crippen LogP contribution is 2.37. The van der Waals surface area contributed by atoms with Crippen LogP contribution in [0.15, 0.2) is 59.5 Å². The number of aliphatic carboxylic acids is 1. The van der Waals surface area contributed by atoms with Crippen molar-refractivity contribution < 1.29 is 18.3 Å². The van der Waals surface area contributed by atoms with Crippen molar-refractivity contribution in [3.63, 3.8) is 0 Å². The largest absolute Gasteiger partial charge is 0.481 e. The topological polar surface area (TPSA) is 86.7 Å². The summed E-state index contributed by atoms with van der Waals surface area (Å²) in [7, 11) is -3.97. The maximum Gasteiger partial charge on any atom is 0.308 e.